The summed E-state index contributed by atoms with van der Waals surface area (Å²) in [4.78, 5) is 42.6. The first-order valence-electron chi connectivity index (χ1n) is 14.1. The third-order valence-electron chi connectivity index (χ3n) is 6.34. The second-order valence-electron chi connectivity index (χ2n) is 11.7. The first kappa shape index (κ1) is 34.6. The maximum atomic E-state index is 14.4. The van der Waals surface area contributed by atoms with Gasteiger partial charge in [-0.2, -0.15) is 11.8 Å². The van der Waals surface area contributed by atoms with Crippen molar-refractivity contribution in [1.82, 2.24) is 15.5 Å². The lowest BCUT2D eigenvalue weighted by molar-refractivity contribution is -0.145. The molecule has 9 heteroatoms. The van der Waals surface area contributed by atoms with E-state index in [0.29, 0.717) is 30.1 Å². The van der Waals surface area contributed by atoms with Gasteiger partial charge in [0.25, 0.3) is 0 Å². The number of alkyl carbamates (subject to hydrolysis) is 1. The lowest BCUT2D eigenvalue weighted by Crippen LogP contribution is -2.56. The predicted molar refractivity (Wildman–Crippen MR) is 160 cm³/mol. The van der Waals surface area contributed by atoms with E-state index in [1.165, 1.54) is 12.1 Å². The molecule has 0 spiro atoms. The summed E-state index contributed by atoms with van der Waals surface area (Å²) in [6.45, 7) is 15.5. The molecule has 0 aliphatic heterocycles. The van der Waals surface area contributed by atoms with Crippen LogP contribution in [-0.2, 0) is 14.3 Å². The Hall–Kier alpha value is -2.42. The summed E-state index contributed by atoms with van der Waals surface area (Å²) in [6.07, 6.45) is 4.95. The van der Waals surface area contributed by atoms with Crippen LogP contribution in [0.4, 0.5) is 4.79 Å². The van der Waals surface area contributed by atoms with Crippen LogP contribution in [0.5, 0.6) is 5.75 Å². The van der Waals surface area contributed by atoms with Gasteiger partial charge in [0.2, 0.25) is 11.8 Å². The minimum Gasteiger partial charge on any atom is -0.508 e. The zero-order valence-corrected chi connectivity index (χ0v) is 26.2. The Morgan fingerprint density at radius 2 is 1.59 bits per heavy atom. The summed E-state index contributed by atoms with van der Waals surface area (Å²) in [5.74, 6) is 0.522. The topological polar surface area (TPSA) is 108 Å². The largest absolute Gasteiger partial charge is 0.508 e. The Bertz CT molecular complexity index is 901. The Kier molecular flexibility index (Phi) is 14.8. The lowest BCUT2D eigenvalue weighted by atomic mass is 9.96. The zero-order valence-electron chi connectivity index (χ0n) is 25.4. The molecule has 4 atom stereocenters. The van der Waals surface area contributed by atoms with Gasteiger partial charge < -0.3 is 25.4 Å². The minimum atomic E-state index is -0.934. The van der Waals surface area contributed by atoms with Crippen molar-refractivity contribution in [2.45, 2.75) is 117 Å². The van der Waals surface area contributed by atoms with Gasteiger partial charge in [0.05, 0.1) is 0 Å². The molecule has 1 aromatic rings. The summed E-state index contributed by atoms with van der Waals surface area (Å²) in [5.41, 5.74) is -0.120. The van der Waals surface area contributed by atoms with Crippen molar-refractivity contribution in [2.75, 3.05) is 12.0 Å². The van der Waals surface area contributed by atoms with Crippen molar-refractivity contribution in [1.29, 1.82) is 0 Å². The fraction of sp³-hybridized carbons (Fsp3) is 0.700. The van der Waals surface area contributed by atoms with Gasteiger partial charge in [0.15, 0.2) is 0 Å². The van der Waals surface area contributed by atoms with E-state index in [1.54, 1.807) is 49.6 Å². The van der Waals surface area contributed by atoms with Gasteiger partial charge in [-0.25, -0.2) is 4.79 Å². The van der Waals surface area contributed by atoms with Crippen molar-refractivity contribution >= 4 is 29.7 Å². The van der Waals surface area contributed by atoms with E-state index in [9.17, 15) is 19.5 Å². The van der Waals surface area contributed by atoms with Gasteiger partial charge >= 0.3 is 6.09 Å². The number of carbonyl (C=O) groups excluding carboxylic acids is 3. The highest BCUT2D eigenvalue weighted by atomic mass is 32.2. The molecule has 0 saturated heterocycles. The normalized spacial score (nSPS) is 14.7. The number of thioether (sulfide) groups is 1. The average molecular weight is 566 g/mol. The van der Waals surface area contributed by atoms with Gasteiger partial charge in [-0.3, -0.25) is 9.59 Å². The van der Waals surface area contributed by atoms with Crippen molar-refractivity contribution in [3.05, 3.63) is 29.8 Å². The summed E-state index contributed by atoms with van der Waals surface area (Å²) < 4.78 is 5.47. The summed E-state index contributed by atoms with van der Waals surface area (Å²) in [6, 6.07) is 4.24. The first-order chi connectivity index (χ1) is 18.2. The molecule has 39 heavy (non-hydrogen) atoms. The SMILES string of the molecule is CCCC(C)NC(=O)C(c1ccc(O)cc1)N(C(=O)C(CCSC)NC(=O)OC(C)(C)C)C(C)CCC(C)C. The van der Waals surface area contributed by atoms with Crippen LogP contribution in [0, 0.1) is 5.92 Å². The van der Waals surface area contributed by atoms with Crippen LogP contribution in [0.1, 0.15) is 99.1 Å². The monoisotopic (exact) mass is 565 g/mol. The molecule has 3 amide bonds. The number of hydrogen-bond donors (Lipinski definition) is 3. The second-order valence-corrected chi connectivity index (χ2v) is 12.7. The van der Waals surface area contributed by atoms with Crippen molar-refractivity contribution < 1.29 is 24.2 Å². The van der Waals surface area contributed by atoms with Crippen LogP contribution >= 0.6 is 11.8 Å². The molecule has 0 saturated carbocycles. The van der Waals surface area contributed by atoms with E-state index in [4.69, 9.17) is 4.74 Å². The highest BCUT2D eigenvalue weighted by Gasteiger charge is 2.39. The Morgan fingerprint density at radius 1 is 0.974 bits per heavy atom. The van der Waals surface area contributed by atoms with Crippen molar-refractivity contribution in [2.24, 2.45) is 5.92 Å². The molecule has 0 radical (unpaired) electrons. The molecule has 8 nitrogen and oxygen atoms in total. The third kappa shape index (κ3) is 12.5. The molecule has 0 bridgehead atoms. The molecule has 1 rings (SSSR count). The van der Waals surface area contributed by atoms with E-state index in [-0.39, 0.29) is 29.6 Å². The maximum absolute atomic E-state index is 14.4. The number of phenols is 1. The number of hydrogen-bond acceptors (Lipinski definition) is 6. The smallest absolute Gasteiger partial charge is 0.408 e. The van der Waals surface area contributed by atoms with E-state index >= 15 is 0 Å². The van der Waals surface area contributed by atoms with E-state index in [1.807, 2.05) is 20.1 Å². The fourth-order valence-corrected chi connectivity index (χ4v) is 4.83. The highest BCUT2D eigenvalue weighted by molar-refractivity contribution is 7.98. The zero-order chi connectivity index (χ0) is 29.8. The van der Waals surface area contributed by atoms with Crippen LogP contribution in [0.15, 0.2) is 24.3 Å². The van der Waals surface area contributed by atoms with E-state index in [2.05, 4.69) is 31.4 Å². The van der Waals surface area contributed by atoms with Gasteiger partial charge in [-0.1, -0.05) is 39.3 Å². The molecule has 0 aliphatic rings. The highest BCUT2D eigenvalue weighted by Crippen LogP contribution is 2.29. The molecule has 222 valence electrons. The van der Waals surface area contributed by atoms with Crippen LogP contribution in [0.3, 0.4) is 0 Å². The molecule has 0 fully saturated rings. The quantitative estimate of drug-likeness (QED) is 0.239. The first-order valence-corrected chi connectivity index (χ1v) is 15.5. The molecule has 4 unspecified atom stereocenters. The Labute approximate surface area is 240 Å². The number of amides is 3. The molecule has 0 aliphatic carbocycles. The third-order valence-corrected chi connectivity index (χ3v) is 6.98. The molecular weight excluding hydrogens is 514 g/mol. The van der Waals surface area contributed by atoms with Crippen molar-refractivity contribution in [3.63, 3.8) is 0 Å². The number of benzene rings is 1. The second kappa shape index (κ2) is 16.6. The number of nitrogens with zero attached hydrogens (tertiary/aromatic N) is 1. The maximum Gasteiger partial charge on any atom is 0.408 e. The van der Waals surface area contributed by atoms with Crippen LogP contribution in [0.2, 0.25) is 0 Å². The van der Waals surface area contributed by atoms with E-state index in [0.717, 1.165) is 19.3 Å². The van der Waals surface area contributed by atoms with Crippen molar-refractivity contribution in [3.8, 4) is 5.75 Å². The lowest BCUT2D eigenvalue weighted by Gasteiger charge is -2.39. The number of carbonyl (C=O) groups is 3. The minimum absolute atomic E-state index is 0.0720. The van der Waals surface area contributed by atoms with Gasteiger partial charge in [-0.15, -0.1) is 0 Å². The summed E-state index contributed by atoms with van der Waals surface area (Å²) in [5, 5.41) is 15.8. The molecular formula is C30H51N3O5S. The van der Waals surface area contributed by atoms with Gasteiger partial charge in [0.1, 0.15) is 23.4 Å². The summed E-state index contributed by atoms with van der Waals surface area (Å²) >= 11 is 1.58. The molecule has 0 heterocycles. The Morgan fingerprint density at radius 3 is 2.10 bits per heavy atom. The fourth-order valence-electron chi connectivity index (χ4n) is 4.36. The summed E-state index contributed by atoms with van der Waals surface area (Å²) in [7, 11) is 0. The number of rotatable bonds is 15. The number of ether oxygens (including phenoxy) is 1. The molecule has 1 aromatic carbocycles. The van der Waals surface area contributed by atoms with Crippen LogP contribution < -0.4 is 10.6 Å². The predicted octanol–water partition coefficient (Wildman–Crippen LogP) is 6.04. The van der Waals surface area contributed by atoms with Gasteiger partial charge in [-0.05, 0) is 95.9 Å². The number of nitrogens with one attached hydrogen (secondary N) is 2. The van der Waals surface area contributed by atoms with Crippen LogP contribution in [-0.4, -0.2) is 63.6 Å². The van der Waals surface area contributed by atoms with E-state index < -0.39 is 23.8 Å². The average Bonchev–Trinajstić information content (AvgIpc) is 2.82. The Balaban J connectivity index is 3.59. The van der Waals surface area contributed by atoms with Gasteiger partial charge in [0, 0.05) is 12.1 Å². The molecule has 0 aromatic heterocycles. The number of phenolic OH excluding ortho intramolecular Hbond substituents is 1. The standard InChI is InChI=1S/C30H51N3O5S/c1-10-11-21(4)31-27(35)26(23-14-16-24(34)17-15-23)33(22(5)13-12-20(2)3)28(36)25(18-19-39-9)32-29(37)38-30(6,7)8/h14-17,20-22,25-26,34H,10-13,18-19H2,1-9H3,(H,31,35)(H,32,37). The number of aromatic hydroxyl groups is 1. The van der Waals surface area contributed by atoms with Crippen LogP contribution in [0.25, 0.3) is 0 Å². The molecule has 3 N–H and O–H groups in total.